The van der Waals surface area contributed by atoms with Crippen LogP contribution in [0, 0.1) is 10.1 Å². The number of hydrogen-bond donors (Lipinski definition) is 2. The summed E-state index contributed by atoms with van der Waals surface area (Å²) in [4.78, 5) is 15.1. The van der Waals surface area contributed by atoms with Gasteiger partial charge in [0.15, 0.2) is 0 Å². The molecular formula is C14H17N3O3. The molecule has 1 aromatic heterocycles. The molecule has 0 amide bonds. The van der Waals surface area contributed by atoms with Gasteiger partial charge >= 0.3 is 5.69 Å². The van der Waals surface area contributed by atoms with Gasteiger partial charge in [-0.25, -0.2) is 0 Å². The summed E-state index contributed by atoms with van der Waals surface area (Å²) in [6.45, 7) is 2.06. The third kappa shape index (κ3) is 3.03. The number of fused-ring (bicyclic) bond motifs is 1. The first-order valence-corrected chi connectivity index (χ1v) is 6.53. The van der Waals surface area contributed by atoms with E-state index in [1.807, 2.05) is 6.92 Å². The number of nitrogens with zero attached hydrogens (tertiary/aromatic N) is 2. The van der Waals surface area contributed by atoms with Crippen LogP contribution in [0.15, 0.2) is 30.5 Å². The van der Waals surface area contributed by atoms with Crippen LogP contribution in [0.5, 0.6) is 0 Å². The van der Waals surface area contributed by atoms with E-state index in [1.54, 1.807) is 30.5 Å². The molecule has 6 nitrogen and oxygen atoms in total. The van der Waals surface area contributed by atoms with Gasteiger partial charge in [-0.05, 0) is 44.0 Å². The first-order chi connectivity index (χ1) is 9.63. The largest absolute Gasteiger partial charge is 0.396 e. The second kappa shape index (κ2) is 6.29. The maximum atomic E-state index is 11.3. The van der Waals surface area contributed by atoms with Crippen molar-refractivity contribution < 1.29 is 10.0 Å². The van der Waals surface area contributed by atoms with Crippen LogP contribution in [0.4, 0.5) is 11.4 Å². The second-order valence-corrected chi connectivity index (χ2v) is 4.70. The summed E-state index contributed by atoms with van der Waals surface area (Å²) in [5.41, 5.74) is 1.14. The fourth-order valence-electron chi connectivity index (χ4n) is 2.19. The fraction of sp³-hybridized carbons (Fsp3) is 0.357. The number of nitro benzene ring substituents is 1. The molecule has 20 heavy (non-hydrogen) atoms. The Hall–Kier alpha value is -2.21. The van der Waals surface area contributed by atoms with Gasteiger partial charge in [0.1, 0.15) is 5.69 Å². The number of aliphatic hydroxyl groups excluding tert-OH is 1. The van der Waals surface area contributed by atoms with Crippen molar-refractivity contribution in [1.29, 1.82) is 0 Å². The predicted octanol–water partition coefficient (Wildman–Crippen LogP) is 2.72. The van der Waals surface area contributed by atoms with Crippen LogP contribution in [-0.4, -0.2) is 27.7 Å². The summed E-state index contributed by atoms with van der Waals surface area (Å²) in [5, 5.41) is 23.8. The average Bonchev–Trinajstić information content (AvgIpc) is 2.44. The minimum absolute atomic E-state index is 0.0476. The van der Waals surface area contributed by atoms with Crippen LogP contribution >= 0.6 is 0 Å². The van der Waals surface area contributed by atoms with Crippen molar-refractivity contribution in [2.75, 3.05) is 11.9 Å². The van der Waals surface area contributed by atoms with Gasteiger partial charge in [-0.2, -0.15) is 0 Å². The van der Waals surface area contributed by atoms with Crippen molar-refractivity contribution in [2.24, 2.45) is 0 Å². The number of benzene rings is 1. The first kappa shape index (κ1) is 14.2. The highest BCUT2D eigenvalue weighted by atomic mass is 16.6. The van der Waals surface area contributed by atoms with Gasteiger partial charge in [0.25, 0.3) is 0 Å². The number of anilines is 1. The van der Waals surface area contributed by atoms with Gasteiger partial charge in [0.05, 0.1) is 15.8 Å². The third-order valence-corrected chi connectivity index (χ3v) is 3.14. The number of aromatic nitrogens is 1. The Bertz CT molecular complexity index is 616. The van der Waals surface area contributed by atoms with Crippen molar-refractivity contribution >= 4 is 22.3 Å². The van der Waals surface area contributed by atoms with E-state index in [4.69, 9.17) is 5.11 Å². The molecule has 0 spiro atoms. The van der Waals surface area contributed by atoms with E-state index in [0.29, 0.717) is 23.0 Å². The number of aliphatic hydroxyl groups is 1. The molecule has 2 rings (SSSR count). The molecule has 0 saturated carbocycles. The Morgan fingerprint density at radius 2 is 2.25 bits per heavy atom. The van der Waals surface area contributed by atoms with Crippen molar-refractivity contribution in [3.63, 3.8) is 0 Å². The van der Waals surface area contributed by atoms with Gasteiger partial charge in [0, 0.05) is 18.8 Å². The van der Waals surface area contributed by atoms with Crippen LogP contribution in [0.25, 0.3) is 10.9 Å². The maximum absolute atomic E-state index is 11.3. The number of hydrogen-bond acceptors (Lipinski definition) is 5. The average molecular weight is 275 g/mol. The molecule has 0 saturated heterocycles. The lowest BCUT2D eigenvalue weighted by atomic mass is 10.1. The zero-order valence-corrected chi connectivity index (χ0v) is 11.2. The van der Waals surface area contributed by atoms with Crippen LogP contribution in [0.2, 0.25) is 0 Å². The Labute approximate surface area is 116 Å². The summed E-state index contributed by atoms with van der Waals surface area (Å²) in [6.07, 6.45) is 3.03. The molecule has 0 fully saturated rings. The van der Waals surface area contributed by atoms with Gasteiger partial charge in [-0.15, -0.1) is 0 Å². The summed E-state index contributed by atoms with van der Waals surface area (Å²) in [5.74, 6) is 0. The summed E-state index contributed by atoms with van der Waals surface area (Å²) in [6, 6.07) is 6.89. The summed E-state index contributed by atoms with van der Waals surface area (Å²) < 4.78 is 0. The molecule has 1 heterocycles. The quantitative estimate of drug-likeness (QED) is 0.625. The standard InChI is InChI=1S/C14H17N3O3/c1-10(4-3-9-18)16-13-7-6-12-11(5-2-8-15-12)14(13)17(19)20/h2,5-8,10,16,18H,3-4,9H2,1H3. The summed E-state index contributed by atoms with van der Waals surface area (Å²) in [7, 11) is 0. The molecule has 2 N–H and O–H groups in total. The van der Waals surface area contributed by atoms with Gasteiger partial charge in [-0.3, -0.25) is 15.1 Å². The van der Waals surface area contributed by atoms with E-state index in [0.717, 1.165) is 6.42 Å². The third-order valence-electron chi connectivity index (χ3n) is 3.14. The Morgan fingerprint density at radius 1 is 1.45 bits per heavy atom. The normalized spacial score (nSPS) is 12.3. The lowest BCUT2D eigenvalue weighted by molar-refractivity contribution is -0.382. The maximum Gasteiger partial charge on any atom is 0.301 e. The van der Waals surface area contributed by atoms with E-state index in [1.165, 1.54) is 0 Å². The van der Waals surface area contributed by atoms with E-state index < -0.39 is 0 Å². The second-order valence-electron chi connectivity index (χ2n) is 4.70. The zero-order chi connectivity index (χ0) is 14.5. The van der Waals surface area contributed by atoms with E-state index in [2.05, 4.69) is 10.3 Å². The van der Waals surface area contributed by atoms with E-state index in [9.17, 15) is 10.1 Å². The SMILES string of the molecule is CC(CCCO)Nc1ccc2ncccc2c1[N+](=O)[O-]. The number of pyridine rings is 1. The predicted molar refractivity (Wildman–Crippen MR) is 77.8 cm³/mol. The lowest BCUT2D eigenvalue weighted by Crippen LogP contribution is -2.16. The summed E-state index contributed by atoms with van der Waals surface area (Å²) >= 11 is 0. The monoisotopic (exact) mass is 275 g/mol. The van der Waals surface area contributed by atoms with Crippen LogP contribution < -0.4 is 5.32 Å². The zero-order valence-electron chi connectivity index (χ0n) is 11.2. The lowest BCUT2D eigenvalue weighted by Gasteiger charge is -2.15. The van der Waals surface area contributed by atoms with E-state index in [-0.39, 0.29) is 23.3 Å². The van der Waals surface area contributed by atoms with Gasteiger partial charge in [-0.1, -0.05) is 0 Å². The van der Waals surface area contributed by atoms with Crippen LogP contribution in [-0.2, 0) is 0 Å². The Kier molecular flexibility index (Phi) is 4.47. The highest BCUT2D eigenvalue weighted by molar-refractivity contribution is 5.94. The van der Waals surface area contributed by atoms with Crippen LogP contribution in [0.3, 0.4) is 0 Å². The van der Waals surface area contributed by atoms with Crippen molar-refractivity contribution in [2.45, 2.75) is 25.8 Å². The van der Waals surface area contributed by atoms with Gasteiger partial charge in [0.2, 0.25) is 0 Å². The van der Waals surface area contributed by atoms with E-state index >= 15 is 0 Å². The molecule has 1 unspecified atom stereocenters. The van der Waals surface area contributed by atoms with Crippen molar-refractivity contribution in [1.82, 2.24) is 4.98 Å². The molecule has 106 valence electrons. The molecule has 0 aliphatic heterocycles. The molecule has 2 aromatic rings. The fourth-order valence-corrected chi connectivity index (χ4v) is 2.19. The van der Waals surface area contributed by atoms with Crippen LogP contribution in [0.1, 0.15) is 19.8 Å². The molecule has 1 aromatic carbocycles. The molecule has 6 heteroatoms. The highest BCUT2D eigenvalue weighted by Crippen LogP contribution is 2.33. The first-order valence-electron chi connectivity index (χ1n) is 6.53. The molecule has 0 bridgehead atoms. The smallest absolute Gasteiger partial charge is 0.301 e. The molecular weight excluding hydrogens is 258 g/mol. The van der Waals surface area contributed by atoms with Crippen molar-refractivity contribution in [3.05, 3.63) is 40.6 Å². The molecule has 1 atom stereocenters. The van der Waals surface area contributed by atoms with Gasteiger partial charge < -0.3 is 10.4 Å². The highest BCUT2D eigenvalue weighted by Gasteiger charge is 2.19. The number of rotatable bonds is 6. The minimum atomic E-state index is -0.384. The molecule has 0 radical (unpaired) electrons. The number of nitrogens with one attached hydrogen (secondary N) is 1. The molecule has 0 aliphatic carbocycles. The number of nitro groups is 1. The molecule has 0 aliphatic rings. The Morgan fingerprint density at radius 3 is 2.95 bits per heavy atom. The Balaban J connectivity index is 2.37. The topological polar surface area (TPSA) is 88.3 Å². The minimum Gasteiger partial charge on any atom is -0.396 e. The van der Waals surface area contributed by atoms with Crippen molar-refractivity contribution in [3.8, 4) is 0 Å².